The van der Waals surface area contributed by atoms with Gasteiger partial charge in [-0.1, -0.05) is 11.6 Å². The van der Waals surface area contributed by atoms with Crippen LogP contribution in [0.4, 0.5) is 18.9 Å². The van der Waals surface area contributed by atoms with Gasteiger partial charge < -0.3 is 14.6 Å². The number of nitrogens with one attached hydrogen (secondary N) is 1. The molecule has 0 unspecified atom stereocenters. The van der Waals surface area contributed by atoms with Gasteiger partial charge >= 0.3 is 12.1 Å². The van der Waals surface area contributed by atoms with E-state index in [2.05, 4.69) is 15.0 Å². The second-order valence-corrected chi connectivity index (χ2v) is 5.10. The van der Waals surface area contributed by atoms with Crippen molar-refractivity contribution in [3.63, 3.8) is 0 Å². The predicted octanol–water partition coefficient (Wildman–Crippen LogP) is 3.50. The first kappa shape index (κ1) is 17.1. The SMILES string of the molecule is COC(=O)c1cc(Cl)cc(NCc2nccn2CC(F)(F)F)c1. The summed E-state index contributed by atoms with van der Waals surface area (Å²) in [6.45, 7) is -1.07. The lowest BCUT2D eigenvalue weighted by molar-refractivity contribution is -0.141. The zero-order chi connectivity index (χ0) is 17.0. The summed E-state index contributed by atoms with van der Waals surface area (Å²) in [5, 5.41) is 3.19. The van der Waals surface area contributed by atoms with Gasteiger partial charge in [0.2, 0.25) is 0 Å². The average molecular weight is 348 g/mol. The van der Waals surface area contributed by atoms with E-state index in [9.17, 15) is 18.0 Å². The van der Waals surface area contributed by atoms with E-state index in [0.29, 0.717) is 10.7 Å². The van der Waals surface area contributed by atoms with Crippen molar-refractivity contribution in [1.29, 1.82) is 0 Å². The Morgan fingerprint density at radius 2 is 2.13 bits per heavy atom. The van der Waals surface area contributed by atoms with E-state index < -0.39 is 18.7 Å². The normalized spacial score (nSPS) is 11.3. The Morgan fingerprint density at radius 1 is 1.39 bits per heavy atom. The van der Waals surface area contributed by atoms with Gasteiger partial charge in [0, 0.05) is 23.1 Å². The lowest BCUT2D eigenvalue weighted by Crippen LogP contribution is -2.20. The Balaban J connectivity index is 2.11. The minimum Gasteiger partial charge on any atom is -0.465 e. The van der Waals surface area contributed by atoms with Gasteiger partial charge in [0.15, 0.2) is 0 Å². The Kier molecular flexibility index (Phi) is 5.15. The average Bonchev–Trinajstić information content (AvgIpc) is 2.88. The van der Waals surface area contributed by atoms with Crippen molar-refractivity contribution < 1.29 is 22.7 Å². The van der Waals surface area contributed by atoms with Crippen LogP contribution in [0.1, 0.15) is 16.2 Å². The summed E-state index contributed by atoms with van der Waals surface area (Å²) in [6.07, 6.45) is -1.79. The number of esters is 1. The zero-order valence-corrected chi connectivity index (χ0v) is 12.8. The maximum Gasteiger partial charge on any atom is 0.406 e. The molecule has 124 valence electrons. The summed E-state index contributed by atoms with van der Waals surface area (Å²) in [7, 11) is 1.24. The fourth-order valence-electron chi connectivity index (χ4n) is 1.95. The van der Waals surface area contributed by atoms with Crippen LogP contribution < -0.4 is 5.32 Å². The fraction of sp³-hybridized carbons (Fsp3) is 0.286. The third-order valence-electron chi connectivity index (χ3n) is 2.92. The quantitative estimate of drug-likeness (QED) is 0.841. The first-order valence-corrected chi connectivity index (χ1v) is 6.86. The van der Waals surface area contributed by atoms with Crippen LogP contribution in [-0.4, -0.2) is 28.8 Å². The summed E-state index contributed by atoms with van der Waals surface area (Å²) in [5.41, 5.74) is 0.709. The Morgan fingerprint density at radius 3 is 2.78 bits per heavy atom. The Labute approximate surface area is 135 Å². The number of carbonyl (C=O) groups is 1. The van der Waals surface area contributed by atoms with Crippen LogP contribution in [0, 0.1) is 0 Å². The van der Waals surface area contributed by atoms with Crippen molar-refractivity contribution in [3.05, 3.63) is 47.0 Å². The second kappa shape index (κ2) is 6.91. The molecule has 0 bridgehead atoms. The molecule has 0 amide bonds. The Hall–Kier alpha value is -2.22. The van der Waals surface area contributed by atoms with Crippen molar-refractivity contribution >= 4 is 23.3 Å². The number of nitrogens with zero attached hydrogens (tertiary/aromatic N) is 2. The highest BCUT2D eigenvalue weighted by atomic mass is 35.5. The molecule has 0 aliphatic rings. The molecule has 1 heterocycles. The fourth-order valence-corrected chi connectivity index (χ4v) is 2.19. The van der Waals surface area contributed by atoms with Gasteiger partial charge in [-0.25, -0.2) is 9.78 Å². The molecule has 0 spiro atoms. The molecule has 9 heteroatoms. The number of halogens is 4. The maximum atomic E-state index is 12.5. The molecule has 1 N–H and O–H groups in total. The third kappa shape index (κ3) is 4.88. The predicted molar refractivity (Wildman–Crippen MR) is 78.4 cm³/mol. The highest BCUT2D eigenvalue weighted by Gasteiger charge is 2.28. The van der Waals surface area contributed by atoms with Crippen LogP contribution in [-0.2, 0) is 17.8 Å². The third-order valence-corrected chi connectivity index (χ3v) is 3.14. The summed E-state index contributed by atoms with van der Waals surface area (Å²) in [6, 6.07) is 4.48. The van der Waals surface area contributed by atoms with Crippen molar-refractivity contribution in [2.24, 2.45) is 0 Å². The number of methoxy groups -OCH3 is 1. The molecule has 0 fully saturated rings. The zero-order valence-electron chi connectivity index (χ0n) is 12.0. The van der Waals surface area contributed by atoms with Crippen molar-refractivity contribution in [1.82, 2.24) is 9.55 Å². The molecule has 0 saturated carbocycles. The topological polar surface area (TPSA) is 56.1 Å². The molecular formula is C14H13ClF3N3O2. The molecule has 0 aliphatic heterocycles. The molecule has 0 radical (unpaired) electrons. The van der Waals surface area contributed by atoms with Gasteiger partial charge in [0.25, 0.3) is 0 Å². The van der Waals surface area contributed by atoms with Crippen molar-refractivity contribution in [3.8, 4) is 0 Å². The summed E-state index contributed by atoms with van der Waals surface area (Å²) < 4.78 is 43.0. The minimum absolute atomic E-state index is 0.0457. The Bertz CT molecular complexity index is 701. The number of anilines is 1. The monoisotopic (exact) mass is 347 g/mol. The van der Waals surface area contributed by atoms with Crippen molar-refractivity contribution in [2.75, 3.05) is 12.4 Å². The van der Waals surface area contributed by atoms with E-state index in [-0.39, 0.29) is 17.9 Å². The largest absolute Gasteiger partial charge is 0.465 e. The molecule has 5 nitrogen and oxygen atoms in total. The summed E-state index contributed by atoms with van der Waals surface area (Å²) in [5.74, 6) is -0.351. The lowest BCUT2D eigenvalue weighted by Gasteiger charge is -2.12. The summed E-state index contributed by atoms with van der Waals surface area (Å²) >= 11 is 5.91. The van der Waals surface area contributed by atoms with Crippen LogP contribution in [0.3, 0.4) is 0 Å². The number of hydrogen-bond donors (Lipinski definition) is 1. The van der Waals surface area contributed by atoms with Crippen LogP contribution in [0.5, 0.6) is 0 Å². The standard InChI is InChI=1S/C14H13ClF3N3O2/c1-23-13(22)9-4-10(15)6-11(5-9)20-7-12-19-2-3-21(12)8-14(16,17)18/h2-6,20H,7-8H2,1H3. The summed E-state index contributed by atoms with van der Waals surface area (Å²) in [4.78, 5) is 15.4. The molecule has 0 atom stereocenters. The molecule has 1 aromatic carbocycles. The smallest absolute Gasteiger partial charge is 0.406 e. The van der Waals surface area contributed by atoms with Crippen molar-refractivity contribution in [2.45, 2.75) is 19.3 Å². The highest BCUT2D eigenvalue weighted by Crippen LogP contribution is 2.21. The van der Waals surface area contributed by atoms with E-state index in [0.717, 1.165) is 4.57 Å². The van der Waals surface area contributed by atoms with Crippen LogP contribution in [0.25, 0.3) is 0 Å². The first-order chi connectivity index (χ1) is 10.8. The second-order valence-electron chi connectivity index (χ2n) is 4.66. The first-order valence-electron chi connectivity index (χ1n) is 6.48. The molecular weight excluding hydrogens is 335 g/mol. The molecule has 2 aromatic rings. The van der Waals surface area contributed by atoms with E-state index in [1.165, 1.54) is 31.6 Å². The number of aromatic nitrogens is 2. The number of carbonyl (C=O) groups excluding carboxylic acids is 1. The van der Waals surface area contributed by atoms with Crippen LogP contribution in [0.15, 0.2) is 30.6 Å². The van der Waals surface area contributed by atoms with Gasteiger partial charge in [-0.15, -0.1) is 0 Å². The van der Waals surface area contributed by atoms with E-state index in [1.807, 2.05) is 0 Å². The van der Waals surface area contributed by atoms with Gasteiger partial charge in [-0.3, -0.25) is 0 Å². The molecule has 1 aromatic heterocycles. The molecule has 2 rings (SSSR count). The number of alkyl halides is 3. The number of ether oxygens (including phenoxy) is 1. The van der Waals surface area contributed by atoms with E-state index in [1.54, 1.807) is 6.07 Å². The number of rotatable bonds is 5. The van der Waals surface area contributed by atoms with Gasteiger partial charge in [0.05, 0.1) is 19.2 Å². The van der Waals surface area contributed by atoms with Gasteiger partial charge in [-0.05, 0) is 18.2 Å². The van der Waals surface area contributed by atoms with E-state index >= 15 is 0 Å². The minimum atomic E-state index is -4.33. The molecule has 23 heavy (non-hydrogen) atoms. The molecule has 0 saturated heterocycles. The van der Waals surface area contributed by atoms with Gasteiger partial charge in [-0.2, -0.15) is 13.2 Å². The maximum absolute atomic E-state index is 12.5. The van der Waals surface area contributed by atoms with Gasteiger partial charge in [0.1, 0.15) is 12.4 Å². The highest BCUT2D eigenvalue weighted by molar-refractivity contribution is 6.31. The number of benzene rings is 1. The number of hydrogen-bond acceptors (Lipinski definition) is 4. The molecule has 0 aliphatic carbocycles. The van der Waals surface area contributed by atoms with Crippen LogP contribution >= 0.6 is 11.6 Å². The van der Waals surface area contributed by atoms with E-state index in [4.69, 9.17) is 11.6 Å². The lowest BCUT2D eigenvalue weighted by atomic mass is 10.2. The number of imidazole rings is 1. The van der Waals surface area contributed by atoms with Crippen LogP contribution in [0.2, 0.25) is 5.02 Å².